The lowest BCUT2D eigenvalue weighted by Crippen LogP contribution is -2.19. The Morgan fingerprint density at radius 1 is 0.552 bits per heavy atom. The van der Waals surface area contributed by atoms with Gasteiger partial charge in [-0.3, -0.25) is 4.79 Å². The summed E-state index contributed by atoms with van der Waals surface area (Å²) in [6.07, 6.45) is 25.5. The number of ether oxygens (including phenoxy) is 1. The standard InChI is InChI=1S/C26H52O3/c1-26(2,3)29-24-22-20-18-16-14-12-10-8-6-4-5-7-9-11-13-15-17-19-21-23-25(27)28/h4-24H2,1-3H3,(H,27,28). The SMILES string of the molecule is CC(C)(C)OCCCCCCCCCCCCCCCCCCCCCC(=O)O. The zero-order valence-electron chi connectivity index (χ0n) is 20.1. The number of hydrogen-bond donors (Lipinski definition) is 1. The summed E-state index contributed by atoms with van der Waals surface area (Å²) in [6, 6.07) is 0. The van der Waals surface area contributed by atoms with Gasteiger partial charge in [-0.15, -0.1) is 0 Å². The third-order valence-corrected chi connectivity index (χ3v) is 5.57. The molecular weight excluding hydrogens is 360 g/mol. The smallest absolute Gasteiger partial charge is 0.303 e. The maximum atomic E-state index is 10.4. The minimum atomic E-state index is -0.654. The van der Waals surface area contributed by atoms with Crippen LogP contribution in [0.4, 0.5) is 0 Å². The van der Waals surface area contributed by atoms with Crippen LogP contribution in [0.5, 0.6) is 0 Å². The molecule has 0 aliphatic carbocycles. The predicted octanol–water partition coefficient (Wildman–Crippen LogP) is 8.69. The fraction of sp³-hybridized carbons (Fsp3) is 0.962. The van der Waals surface area contributed by atoms with Gasteiger partial charge in [0.05, 0.1) is 5.60 Å². The highest BCUT2D eigenvalue weighted by atomic mass is 16.5. The minimum absolute atomic E-state index is 0.0194. The normalized spacial score (nSPS) is 11.8. The van der Waals surface area contributed by atoms with Crippen LogP contribution in [0.2, 0.25) is 0 Å². The average molecular weight is 413 g/mol. The van der Waals surface area contributed by atoms with E-state index in [1.807, 2.05) is 0 Å². The monoisotopic (exact) mass is 412 g/mol. The van der Waals surface area contributed by atoms with Gasteiger partial charge in [0, 0.05) is 13.0 Å². The van der Waals surface area contributed by atoms with Crippen molar-refractivity contribution in [3.8, 4) is 0 Å². The maximum Gasteiger partial charge on any atom is 0.303 e. The summed E-state index contributed by atoms with van der Waals surface area (Å²) in [7, 11) is 0. The average Bonchev–Trinajstić information content (AvgIpc) is 2.64. The minimum Gasteiger partial charge on any atom is -0.481 e. The number of carboxylic acid groups (broad SMARTS) is 1. The lowest BCUT2D eigenvalue weighted by Gasteiger charge is -2.19. The second kappa shape index (κ2) is 20.7. The van der Waals surface area contributed by atoms with Crippen LogP contribution in [-0.2, 0) is 9.53 Å². The summed E-state index contributed by atoms with van der Waals surface area (Å²) in [5.41, 5.74) is 0.0194. The van der Waals surface area contributed by atoms with Gasteiger partial charge in [0.1, 0.15) is 0 Å². The Morgan fingerprint density at radius 2 is 0.828 bits per heavy atom. The predicted molar refractivity (Wildman–Crippen MR) is 126 cm³/mol. The first-order valence-electron chi connectivity index (χ1n) is 12.8. The summed E-state index contributed by atoms with van der Waals surface area (Å²) < 4.78 is 5.76. The highest BCUT2D eigenvalue weighted by Crippen LogP contribution is 2.15. The van der Waals surface area contributed by atoms with Gasteiger partial charge in [0.25, 0.3) is 0 Å². The first kappa shape index (κ1) is 28.4. The number of carbonyl (C=O) groups is 1. The van der Waals surface area contributed by atoms with Gasteiger partial charge in [0.15, 0.2) is 0 Å². The van der Waals surface area contributed by atoms with Crippen molar-refractivity contribution in [1.82, 2.24) is 0 Å². The molecule has 0 aromatic carbocycles. The van der Waals surface area contributed by atoms with Crippen molar-refractivity contribution in [1.29, 1.82) is 0 Å². The van der Waals surface area contributed by atoms with Crippen molar-refractivity contribution in [3.63, 3.8) is 0 Å². The van der Waals surface area contributed by atoms with E-state index in [0.717, 1.165) is 19.4 Å². The van der Waals surface area contributed by atoms with E-state index in [0.29, 0.717) is 6.42 Å². The molecule has 0 atom stereocenters. The molecular formula is C26H52O3. The zero-order chi connectivity index (χ0) is 21.6. The van der Waals surface area contributed by atoms with Crippen molar-refractivity contribution in [3.05, 3.63) is 0 Å². The molecule has 0 unspecified atom stereocenters. The maximum absolute atomic E-state index is 10.4. The van der Waals surface area contributed by atoms with E-state index in [9.17, 15) is 4.79 Å². The van der Waals surface area contributed by atoms with E-state index in [1.54, 1.807) is 0 Å². The van der Waals surface area contributed by atoms with E-state index >= 15 is 0 Å². The molecule has 29 heavy (non-hydrogen) atoms. The molecule has 0 aromatic rings. The van der Waals surface area contributed by atoms with Gasteiger partial charge in [-0.1, -0.05) is 109 Å². The van der Waals surface area contributed by atoms with Crippen LogP contribution >= 0.6 is 0 Å². The number of carboxylic acids is 1. The molecule has 0 saturated carbocycles. The summed E-state index contributed by atoms with van der Waals surface area (Å²) in [5, 5.41) is 8.59. The van der Waals surface area contributed by atoms with E-state index in [2.05, 4.69) is 20.8 Å². The molecule has 174 valence electrons. The Morgan fingerprint density at radius 3 is 1.10 bits per heavy atom. The summed E-state index contributed by atoms with van der Waals surface area (Å²) >= 11 is 0. The van der Waals surface area contributed by atoms with E-state index < -0.39 is 5.97 Å². The largest absolute Gasteiger partial charge is 0.481 e. The molecule has 3 nitrogen and oxygen atoms in total. The van der Waals surface area contributed by atoms with Gasteiger partial charge in [-0.05, 0) is 33.6 Å². The van der Waals surface area contributed by atoms with Crippen molar-refractivity contribution >= 4 is 5.97 Å². The Hall–Kier alpha value is -0.570. The Balaban J connectivity index is 3.04. The topological polar surface area (TPSA) is 46.5 Å². The third-order valence-electron chi connectivity index (χ3n) is 5.57. The Kier molecular flexibility index (Phi) is 20.3. The quantitative estimate of drug-likeness (QED) is 0.181. The molecule has 0 rings (SSSR count). The number of aliphatic carboxylic acids is 1. The molecule has 0 amide bonds. The molecule has 1 N–H and O–H groups in total. The van der Waals surface area contributed by atoms with Crippen molar-refractivity contribution < 1.29 is 14.6 Å². The van der Waals surface area contributed by atoms with Gasteiger partial charge in [-0.2, -0.15) is 0 Å². The molecule has 0 fully saturated rings. The van der Waals surface area contributed by atoms with E-state index in [-0.39, 0.29) is 5.60 Å². The molecule has 0 aromatic heterocycles. The summed E-state index contributed by atoms with van der Waals surface area (Å²) in [6.45, 7) is 7.30. The van der Waals surface area contributed by atoms with Crippen LogP contribution < -0.4 is 0 Å². The fourth-order valence-electron chi connectivity index (χ4n) is 3.76. The molecule has 0 radical (unpaired) electrons. The van der Waals surface area contributed by atoms with Crippen LogP contribution in [0.15, 0.2) is 0 Å². The lowest BCUT2D eigenvalue weighted by atomic mass is 10.0. The Bertz CT molecular complexity index is 346. The molecule has 0 heterocycles. The van der Waals surface area contributed by atoms with Crippen molar-refractivity contribution in [2.45, 2.75) is 155 Å². The number of hydrogen-bond acceptors (Lipinski definition) is 2. The van der Waals surface area contributed by atoms with Crippen LogP contribution in [0.1, 0.15) is 149 Å². The molecule has 0 bridgehead atoms. The van der Waals surface area contributed by atoms with Gasteiger partial charge < -0.3 is 9.84 Å². The van der Waals surface area contributed by atoms with Crippen molar-refractivity contribution in [2.24, 2.45) is 0 Å². The first-order valence-corrected chi connectivity index (χ1v) is 12.8. The summed E-state index contributed by atoms with van der Waals surface area (Å²) in [4.78, 5) is 10.4. The van der Waals surface area contributed by atoms with Crippen LogP contribution in [0, 0.1) is 0 Å². The molecule has 0 aliphatic rings. The molecule has 3 heteroatoms. The van der Waals surface area contributed by atoms with Gasteiger partial charge >= 0.3 is 5.97 Å². The molecule has 0 spiro atoms. The Labute approximate surface area is 182 Å². The van der Waals surface area contributed by atoms with Crippen molar-refractivity contribution in [2.75, 3.05) is 6.61 Å². The van der Waals surface area contributed by atoms with Crippen LogP contribution in [0.3, 0.4) is 0 Å². The lowest BCUT2D eigenvalue weighted by molar-refractivity contribution is -0.137. The fourth-order valence-corrected chi connectivity index (χ4v) is 3.76. The zero-order valence-corrected chi connectivity index (χ0v) is 20.1. The number of unbranched alkanes of at least 4 members (excludes halogenated alkanes) is 18. The van der Waals surface area contributed by atoms with E-state index in [1.165, 1.54) is 109 Å². The van der Waals surface area contributed by atoms with Gasteiger partial charge in [0.2, 0.25) is 0 Å². The highest BCUT2D eigenvalue weighted by Gasteiger charge is 2.08. The number of rotatable bonds is 22. The van der Waals surface area contributed by atoms with Crippen LogP contribution in [0.25, 0.3) is 0 Å². The third kappa shape index (κ3) is 27.4. The summed E-state index contributed by atoms with van der Waals surface area (Å²) in [5.74, 6) is -0.654. The second-order valence-electron chi connectivity index (χ2n) is 9.82. The highest BCUT2D eigenvalue weighted by molar-refractivity contribution is 5.66. The van der Waals surface area contributed by atoms with Crippen LogP contribution in [-0.4, -0.2) is 23.3 Å². The van der Waals surface area contributed by atoms with E-state index in [4.69, 9.17) is 9.84 Å². The molecule has 0 saturated heterocycles. The molecule has 0 aliphatic heterocycles. The van der Waals surface area contributed by atoms with Gasteiger partial charge in [-0.25, -0.2) is 0 Å². The second-order valence-corrected chi connectivity index (χ2v) is 9.82. The first-order chi connectivity index (χ1) is 13.9.